The molecule has 0 saturated carbocycles. The standard InChI is InChI=1S/C19H19N3O4/c1-25-16-8-7-13(11-17(16)26-2)19(24)21-12-14-5-3-4-6-15(14)22-18(23)9-10-20/h3-8,11H,9,12H2,1-2H3,(H,21,24)(H,22,23). The maximum absolute atomic E-state index is 12.4. The molecule has 2 aromatic rings. The SMILES string of the molecule is COc1ccc(C(=O)NCc2ccccc2NC(=O)CC#N)cc1OC. The van der Waals surface area contributed by atoms with Crippen LogP contribution in [0.2, 0.25) is 0 Å². The van der Waals surface area contributed by atoms with Crippen molar-refractivity contribution in [3.63, 3.8) is 0 Å². The largest absolute Gasteiger partial charge is 0.493 e. The third kappa shape index (κ3) is 4.74. The molecule has 2 rings (SSSR count). The molecule has 0 aliphatic rings. The first-order valence-electron chi connectivity index (χ1n) is 7.84. The zero-order valence-corrected chi connectivity index (χ0v) is 14.5. The number of carbonyl (C=O) groups excluding carboxylic acids is 2. The van der Waals surface area contributed by atoms with Gasteiger partial charge in [0.25, 0.3) is 5.91 Å². The number of methoxy groups -OCH3 is 2. The molecule has 0 saturated heterocycles. The summed E-state index contributed by atoms with van der Waals surface area (Å²) in [5.41, 5.74) is 1.71. The van der Waals surface area contributed by atoms with Crippen molar-refractivity contribution >= 4 is 17.5 Å². The Kier molecular flexibility index (Phi) is 6.57. The van der Waals surface area contributed by atoms with Crippen LogP contribution in [-0.2, 0) is 11.3 Å². The molecule has 0 aromatic heterocycles. The highest BCUT2D eigenvalue weighted by molar-refractivity contribution is 5.95. The lowest BCUT2D eigenvalue weighted by molar-refractivity contribution is -0.115. The predicted octanol–water partition coefficient (Wildman–Crippen LogP) is 2.49. The second-order valence-corrected chi connectivity index (χ2v) is 5.29. The monoisotopic (exact) mass is 353 g/mol. The van der Waals surface area contributed by atoms with E-state index in [-0.39, 0.29) is 18.9 Å². The van der Waals surface area contributed by atoms with Crippen LogP contribution in [-0.4, -0.2) is 26.0 Å². The quantitative estimate of drug-likeness (QED) is 0.796. The molecule has 0 fully saturated rings. The normalized spacial score (nSPS) is 9.73. The van der Waals surface area contributed by atoms with E-state index in [4.69, 9.17) is 14.7 Å². The molecule has 0 heterocycles. The van der Waals surface area contributed by atoms with E-state index in [1.807, 2.05) is 0 Å². The van der Waals surface area contributed by atoms with Gasteiger partial charge in [-0.25, -0.2) is 0 Å². The topological polar surface area (TPSA) is 100 Å². The minimum atomic E-state index is -0.397. The van der Waals surface area contributed by atoms with E-state index in [1.54, 1.807) is 48.5 Å². The molecule has 0 aliphatic carbocycles. The molecule has 0 bridgehead atoms. The number of para-hydroxylation sites is 1. The molecule has 2 amide bonds. The smallest absolute Gasteiger partial charge is 0.251 e. The summed E-state index contributed by atoms with van der Waals surface area (Å²) in [5.74, 6) is 0.314. The average Bonchev–Trinajstić information content (AvgIpc) is 2.66. The Hall–Kier alpha value is -3.53. The molecular weight excluding hydrogens is 334 g/mol. The van der Waals surface area contributed by atoms with Gasteiger partial charge in [0.15, 0.2) is 11.5 Å². The molecule has 0 spiro atoms. The highest BCUT2D eigenvalue weighted by Crippen LogP contribution is 2.27. The number of hydrogen-bond donors (Lipinski definition) is 2. The summed E-state index contributed by atoms with van der Waals surface area (Å²) < 4.78 is 10.3. The van der Waals surface area contributed by atoms with Gasteiger partial charge >= 0.3 is 0 Å². The van der Waals surface area contributed by atoms with Gasteiger partial charge < -0.3 is 20.1 Å². The number of ether oxygens (including phenoxy) is 2. The van der Waals surface area contributed by atoms with Crippen molar-refractivity contribution in [3.05, 3.63) is 53.6 Å². The van der Waals surface area contributed by atoms with Gasteiger partial charge in [0.1, 0.15) is 6.42 Å². The number of rotatable bonds is 7. The number of anilines is 1. The Morgan fingerprint density at radius 2 is 1.81 bits per heavy atom. The molecule has 2 N–H and O–H groups in total. The van der Waals surface area contributed by atoms with Crippen molar-refractivity contribution in [2.75, 3.05) is 19.5 Å². The highest BCUT2D eigenvalue weighted by Gasteiger charge is 2.12. The van der Waals surface area contributed by atoms with Crippen molar-refractivity contribution in [2.45, 2.75) is 13.0 Å². The first-order chi connectivity index (χ1) is 12.6. The van der Waals surface area contributed by atoms with Crippen LogP contribution in [0.3, 0.4) is 0 Å². The summed E-state index contributed by atoms with van der Waals surface area (Å²) in [7, 11) is 3.02. The summed E-state index contributed by atoms with van der Waals surface area (Å²) in [6.45, 7) is 0.218. The summed E-state index contributed by atoms with van der Waals surface area (Å²) in [5, 5.41) is 14.0. The first-order valence-corrected chi connectivity index (χ1v) is 7.84. The summed E-state index contributed by atoms with van der Waals surface area (Å²) in [6, 6.07) is 13.8. The predicted molar refractivity (Wildman–Crippen MR) is 96.0 cm³/mol. The summed E-state index contributed by atoms with van der Waals surface area (Å²) in [6.07, 6.45) is -0.230. The zero-order chi connectivity index (χ0) is 18.9. The van der Waals surface area contributed by atoms with E-state index in [2.05, 4.69) is 10.6 Å². The van der Waals surface area contributed by atoms with Crippen LogP contribution in [0.5, 0.6) is 11.5 Å². The molecule has 26 heavy (non-hydrogen) atoms. The van der Waals surface area contributed by atoms with Crippen molar-refractivity contribution in [1.29, 1.82) is 5.26 Å². The van der Waals surface area contributed by atoms with E-state index < -0.39 is 5.91 Å². The summed E-state index contributed by atoms with van der Waals surface area (Å²) >= 11 is 0. The fraction of sp³-hybridized carbons (Fsp3) is 0.211. The Balaban J connectivity index is 2.08. The Bertz CT molecular complexity index is 843. The number of benzene rings is 2. The first kappa shape index (κ1) is 18.8. The van der Waals surface area contributed by atoms with Crippen LogP contribution >= 0.6 is 0 Å². The lowest BCUT2D eigenvalue weighted by Gasteiger charge is -2.12. The van der Waals surface area contributed by atoms with E-state index in [0.717, 1.165) is 5.56 Å². The van der Waals surface area contributed by atoms with Crippen LogP contribution in [0.15, 0.2) is 42.5 Å². The van der Waals surface area contributed by atoms with Gasteiger partial charge in [-0.15, -0.1) is 0 Å². The maximum Gasteiger partial charge on any atom is 0.251 e. The maximum atomic E-state index is 12.4. The zero-order valence-electron chi connectivity index (χ0n) is 14.5. The minimum absolute atomic E-state index is 0.218. The fourth-order valence-electron chi connectivity index (χ4n) is 2.32. The molecule has 2 aromatic carbocycles. The molecule has 0 unspecified atom stereocenters. The van der Waals surface area contributed by atoms with Crippen molar-refractivity contribution < 1.29 is 19.1 Å². The Morgan fingerprint density at radius 3 is 2.50 bits per heavy atom. The number of nitrogens with one attached hydrogen (secondary N) is 2. The highest BCUT2D eigenvalue weighted by atomic mass is 16.5. The third-order valence-electron chi connectivity index (χ3n) is 3.62. The van der Waals surface area contributed by atoms with Crippen molar-refractivity contribution in [3.8, 4) is 17.6 Å². The second kappa shape index (κ2) is 9.08. The summed E-state index contributed by atoms with van der Waals surface area (Å²) in [4.78, 5) is 24.0. The Morgan fingerprint density at radius 1 is 1.08 bits per heavy atom. The van der Waals surface area contributed by atoms with E-state index in [9.17, 15) is 9.59 Å². The van der Waals surface area contributed by atoms with Gasteiger partial charge in [-0.3, -0.25) is 9.59 Å². The van der Waals surface area contributed by atoms with E-state index in [0.29, 0.717) is 22.7 Å². The number of hydrogen-bond acceptors (Lipinski definition) is 5. The lowest BCUT2D eigenvalue weighted by Crippen LogP contribution is -2.24. The third-order valence-corrected chi connectivity index (χ3v) is 3.62. The van der Waals surface area contributed by atoms with E-state index in [1.165, 1.54) is 14.2 Å². The van der Waals surface area contributed by atoms with Crippen LogP contribution in [0.1, 0.15) is 22.3 Å². The second-order valence-electron chi connectivity index (χ2n) is 5.29. The van der Waals surface area contributed by atoms with Gasteiger partial charge in [0.2, 0.25) is 5.91 Å². The van der Waals surface area contributed by atoms with Gasteiger partial charge in [-0.05, 0) is 29.8 Å². The van der Waals surface area contributed by atoms with Gasteiger partial charge in [-0.1, -0.05) is 18.2 Å². The van der Waals surface area contributed by atoms with Crippen LogP contribution in [0.25, 0.3) is 0 Å². The number of nitriles is 1. The molecule has 134 valence electrons. The van der Waals surface area contributed by atoms with Gasteiger partial charge in [0, 0.05) is 17.8 Å². The molecule has 0 aliphatic heterocycles. The molecular formula is C19H19N3O4. The number of amides is 2. The molecule has 0 radical (unpaired) electrons. The van der Waals surface area contributed by atoms with E-state index >= 15 is 0 Å². The average molecular weight is 353 g/mol. The lowest BCUT2D eigenvalue weighted by atomic mass is 10.1. The number of carbonyl (C=O) groups is 2. The van der Waals surface area contributed by atoms with Gasteiger partial charge in [-0.2, -0.15) is 5.26 Å². The number of nitrogens with zero attached hydrogens (tertiary/aromatic N) is 1. The Labute approximate surface area is 151 Å². The van der Waals surface area contributed by atoms with Crippen LogP contribution in [0.4, 0.5) is 5.69 Å². The molecule has 7 heteroatoms. The molecule has 0 atom stereocenters. The van der Waals surface area contributed by atoms with Crippen molar-refractivity contribution in [1.82, 2.24) is 5.32 Å². The fourth-order valence-corrected chi connectivity index (χ4v) is 2.32. The molecule has 7 nitrogen and oxygen atoms in total. The van der Waals surface area contributed by atoms with Crippen LogP contribution in [0, 0.1) is 11.3 Å². The minimum Gasteiger partial charge on any atom is -0.493 e. The van der Waals surface area contributed by atoms with Crippen molar-refractivity contribution in [2.24, 2.45) is 0 Å². The van der Waals surface area contributed by atoms with Gasteiger partial charge in [0.05, 0.1) is 20.3 Å². The van der Waals surface area contributed by atoms with Crippen LogP contribution < -0.4 is 20.1 Å².